The van der Waals surface area contributed by atoms with Gasteiger partial charge in [-0.3, -0.25) is 0 Å². The van der Waals surface area contributed by atoms with E-state index in [4.69, 9.17) is 5.73 Å². The van der Waals surface area contributed by atoms with Gasteiger partial charge in [-0.05, 0) is 13.8 Å². The van der Waals surface area contributed by atoms with Gasteiger partial charge < -0.3 is 11.1 Å². The van der Waals surface area contributed by atoms with Crippen molar-refractivity contribution in [1.29, 1.82) is 0 Å². The minimum absolute atomic E-state index is 0.258. The number of nitrogens with zero attached hydrogens (tertiary/aromatic N) is 3. The number of rotatable bonds is 2. The first-order valence-electron chi connectivity index (χ1n) is 3.44. The molecule has 5 nitrogen and oxygen atoms in total. The predicted octanol–water partition coefficient (Wildman–Crippen LogP) is 0.194. The summed E-state index contributed by atoms with van der Waals surface area (Å²) in [6.07, 6.45) is 0. The van der Waals surface area contributed by atoms with Crippen molar-refractivity contribution >= 4 is 11.9 Å². The van der Waals surface area contributed by atoms with E-state index in [1.165, 1.54) is 0 Å². The number of hydrogen-bond acceptors (Lipinski definition) is 5. The number of anilines is 2. The maximum Gasteiger partial charge on any atom is 0.227 e. The van der Waals surface area contributed by atoms with Gasteiger partial charge in [0.25, 0.3) is 0 Å². The second-order valence-corrected chi connectivity index (χ2v) is 2.09. The van der Waals surface area contributed by atoms with Gasteiger partial charge in [0.05, 0.1) is 0 Å². The molecule has 11 heavy (non-hydrogen) atoms. The van der Waals surface area contributed by atoms with Gasteiger partial charge in [0.1, 0.15) is 5.82 Å². The van der Waals surface area contributed by atoms with Crippen molar-refractivity contribution in [3.8, 4) is 0 Å². The fourth-order valence-corrected chi connectivity index (χ4v) is 0.740. The molecule has 5 heteroatoms. The number of nitrogens with two attached hydrogens (primary N) is 1. The average Bonchev–Trinajstić information content (AvgIpc) is 1.85. The Balaban J connectivity index is 2.89. The number of aromatic nitrogens is 3. The van der Waals surface area contributed by atoms with Crippen LogP contribution in [0.25, 0.3) is 0 Å². The summed E-state index contributed by atoms with van der Waals surface area (Å²) in [5, 5.41) is 2.95. The summed E-state index contributed by atoms with van der Waals surface area (Å²) in [7, 11) is 0. The third-order valence-corrected chi connectivity index (χ3v) is 1.10. The molecule has 1 aromatic heterocycles. The highest BCUT2D eigenvalue weighted by molar-refractivity contribution is 5.30. The molecule has 0 spiro atoms. The Bertz CT molecular complexity index is 226. The molecule has 0 fully saturated rings. The molecule has 0 atom stereocenters. The highest BCUT2D eigenvalue weighted by Gasteiger charge is 1.97. The molecule has 1 aromatic rings. The number of nitrogen functional groups attached to an aromatic ring is 1. The van der Waals surface area contributed by atoms with E-state index in [1.807, 2.05) is 6.92 Å². The third-order valence-electron chi connectivity index (χ3n) is 1.10. The van der Waals surface area contributed by atoms with Gasteiger partial charge in [0, 0.05) is 6.54 Å². The molecule has 0 saturated heterocycles. The summed E-state index contributed by atoms with van der Waals surface area (Å²) in [4.78, 5) is 11.7. The molecule has 0 saturated carbocycles. The van der Waals surface area contributed by atoms with Crippen LogP contribution in [0, 0.1) is 6.92 Å². The smallest absolute Gasteiger partial charge is 0.227 e. The lowest BCUT2D eigenvalue weighted by Crippen LogP contribution is -2.07. The lowest BCUT2D eigenvalue weighted by atomic mass is 10.6. The largest absolute Gasteiger partial charge is 0.368 e. The molecule has 0 aliphatic carbocycles. The van der Waals surface area contributed by atoms with E-state index < -0.39 is 0 Å². The number of nitrogens with one attached hydrogen (secondary N) is 1. The van der Waals surface area contributed by atoms with Crippen LogP contribution in [-0.2, 0) is 0 Å². The fraction of sp³-hybridized carbons (Fsp3) is 0.500. The highest BCUT2D eigenvalue weighted by atomic mass is 15.2. The van der Waals surface area contributed by atoms with E-state index in [-0.39, 0.29) is 5.95 Å². The zero-order valence-corrected chi connectivity index (χ0v) is 6.63. The van der Waals surface area contributed by atoms with E-state index in [2.05, 4.69) is 20.3 Å². The van der Waals surface area contributed by atoms with Crippen LogP contribution in [0.4, 0.5) is 11.9 Å². The third kappa shape index (κ3) is 2.03. The minimum Gasteiger partial charge on any atom is -0.368 e. The van der Waals surface area contributed by atoms with Crippen LogP contribution in [-0.4, -0.2) is 21.5 Å². The molecule has 0 aliphatic rings. The highest BCUT2D eigenvalue weighted by Crippen LogP contribution is 1.99. The Labute approximate surface area is 65.1 Å². The van der Waals surface area contributed by atoms with E-state index in [1.54, 1.807) is 6.92 Å². The summed E-state index contributed by atoms with van der Waals surface area (Å²) in [6.45, 7) is 4.52. The van der Waals surface area contributed by atoms with Crippen molar-refractivity contribution in [3.05, 3.63) is 5.82 Å². The minimum atomic E-state index is 0.258. The van der Waals surface area contributed by atoms with Crippen molar-refractivity contribution in [3.63, 3.8) is 0 Å². The maximum absolute atomic E-state index is 5.39. The molecular formula is C6H11N5. The Hall–Kier alpha value is -1.39. The standard InChI is InChI=1S/C6H11N5/c1-3-8-6-10-4(2)9-5(7)11-6/h3H2,1-2H3,(H3,7,8,9,10,11). The number of aryl methyl sites for hydroxylation is 1. The molecule has 0 unspecified atom stereocenters. The van der Waals surface area contributed by atoms with Crippen LogP contribution in [0.5, 0.6) is 0 Å². The molecule has 0 bridgehead atoms. The Kier molecular flexibility index (Phi) is 2.20. The zero-order valence-electron chi connectivity index (χ0n) is 6.63. The van der Waals surface area contributed by atoms with E-state index in [0.29, 0.717) is 11.8 Å². The Morgan fingerprint density at radius 1 is 1.36 bits per heavy atom. The van der Waals surface area contributed by atoms with E-state index in [0.717, 1.165) is 6.54 Å². The average molecular weight is 153 g/mol. The van der Waals surface area contributed by atoms with Crippen LogP contribution in [0.1, 0.15) is 12.7 Å². The van der Waals surface area contributed by atoms with Crippen molar-refractivity contribution < 1.29 is 0 Å². The first-order chi connectivity index (χ1) is 5.22. The zero-order chi connectivity index (χ0) is 8.27. The van der Waals surface area contributed by atoms with Crippen molar-refractivity contribution in [2.75, 3.05) is 17.6 Å². The summed E-state index contributed by atoms with van der Waals surface area (Å²) < 4.78 is 0. The van der Waals surface area contributed by atoms with Gasteiger partial charge in [0.2, 0.25) is 11.9 Å². The summed E-state index contributed by atoms with van der Waals surface area (Å²) in [5.41, 5.74) is 5.39. The summed E-state index contributed by atoms with van der Waals surface area (Å²) >= 11 is 0. The lowest BCUT2D eigenvalue weighted by molar-refractivity contribution is 0.973. The van der Waals surface area contributed by atoms with Crippen LogP contribution in [0.2, 0.25) is 0 Å². The van der Waals surface area contributed by atoms with Crippen LogP contribution in [0.3, 0.4) is 0 Å². The monoisotopic (exact) mass is 153 g/mol. The summed E-state index contributed by atoms with van der Waals surface area (Å²) in [5.74, 6) is 1.43. The second-order valence-electron chi connectivity index (χ2n) is 2.09. The van der Waals surface area contributed by atoms with Gasteiger partial charge in [-0.2, -0.15) is 15.0 Å². The maximum atomic E-state index is 5.39. The molecule has 0 aromatic carbocycles. The van der Waals surface area contributed by atoms with Crippen LogP contribution < -0.4 is 11.1 Å². The van der Waals surface area contributed by atoms with E-state index >= 15 is 0 Å². The number of hydrogen-bond donors (Lipinski definition) is 2. The normalized spacial score (nSPS) is 9.64. The Morgan fingerprint density at radius 3 is 2.64 bits per heavy atom. The first-order valence-corrected chi connectivity index (χ1v) is 3.44. The predicted molar refractivity (Wildman–Crippen MR) is 43.1 cm³/mol. The van der Waals surface area contributed by atoms with Gasteiger partial charge in [0.15, 0.2) is 0 Å². The molecule has 0 radical (unpaired) electrons. The molecular weight excluding hydrogens is 142 g/mol. The molecule has 1 heterocycles. The quantitative estimate of drug-likeness (QED) is 0.634. The fourth-order valence-electron chi connectivity index (χ4n) is 0.740. The van der Waals surface area contributed by atoms with E-state index in [9.17, 15) is 0 Å². The molecule has 1 rings (SSSR count). The van der Waals surface area contributed by atoms with Gasteiger partial charge >= 0.3 is 0 Å². The van der Waals surface area contributed by atoms with Gasteiger partial charge in [-0.15, -0.1) is 0 Å². The van der Waals surface area contributed by atoms with Crippen LogP contribution in [0.15, 0.2) is 0 Å². The molecule has 3 N–H and O–H groups in total. The molecule has 0 aliphatic heterocycles. The van der Waals surface area contributed by atoms with Gasteiger partial charge in [-0.1, -0.05) is 0 Å². The second kappa shape index (κ2) is 3.14. The summed E-state index contributed by atoms with van der Waals surface area (Å²) in [6, 6.07) is 0. The molecule has 0 amide bonds. The van der Waals surface area contributed by atoms with Crippen molar-refractivity contribution in [1.82, 2.24) is 15.0 Å². The van der Waals surface area contributed by atoms with Gasteiger partial charge in [-0.25, -0.2) is 0 Å². The van der Waals surface area contributed by atoms with Crippen molar-refractivity contribution in [2.45, 2.75) is 13.8 Å². The van der Waals surface area contributed by atoms with Crippen LogP contribution >= 0.6 is 0 Å². The first kappa shape index (κ1) is 7.71. The Morgan fingerprint density at radius 2 is 2.09 bits per heavy atom. The molecule has 60 valence electrons. The topological polar surface area (TPSA) is 76.7 Å². The van der Waals surface area contributed by atoms with Crippen molar-refractivity contribution in [2.24, 2.45) is 0 Å². The SMILES string of the molecule is CCNc1nc(C)nc(N)n1. The lowest BCUT2D eigenvalue weighted by Gasteiger charge is -2.01.